The summed E-state index contributed by atoms with van der Waals surface area (Å²) in [5.41, 5.74) is 0.436. The molecule has 2 saturated heterocycles. The van der Waals surface area contributed by atoms with Crippen molar-refractivity contribution in [3.63, 3.8) is 0 Å². The van der Waals surface area contributed by atoms with Crippen molar-refractivity contribution in [1.29, 1.82) is 0 Å². The van der Waals surface area contributed by atoms with Gasteiger partial charge in [-0.15, -0.1) is 0 Å². The second-order valence-corrected chi connectivity index (χ2v) is 9.33. The molecule has 2 aliphatic heterocycles. The van der Waals surface area contributed by atoms with Crippen LogP contribution in [0.5, 0.6) is 0 Å². The summed E-state index contributed by atoms with van der Waals surface area (Å²) in [5, 5.41) is 3.44. The molecule has 2 heterocycles. The van der Waals surface area contributed by atoms with Gasteiger partial charge in [0.2, 0.25) is 10.0 Å². The quantitative estimate of drug-likeness (QED) is 0.787. The maximum atomic E-state index is 11.6. The minimum absolute atomic E-state index is 0.194. The molecule has 1 atom stereocenters. The van der Waals surface area contributed by atoms with Crippen molar-refractivity contribution in [2.75, 3.05) is 38.5 Å². The summed E-state index contributed by atoms with van der Waals surface area (Å²) in [7, 11) is -3.03. The molecule has 0 amide bonds. The molecule has 0 aromatic rings. The average molecular weight is 315 g/mol. The highest BCUT2D eigenvalue weighted by molar-refractivity contribution is 7.89. The maximum absolute atomic E-state index is 11.6. The number of sulfonamides is 1. The first-order valence-electron chi connectivity index (χ1n) is 8.43. The number of nitrogens with one attached hydrogen (secondary N) is 2. The van der Waals surface area contributed by atoms with Gasteiger partial charge in [-0.25, -0.2) is 13.1 Å². The van der Waals surface area contributed by atoms with Crippen molar-refractivity contribution in [1.82, 2.24) is 14.9 Å². The number of hydrogen-bond acceptors (Lipinski definition) is 4. The molecule has 1 aliphatic carbocycles. The summed E-state index contributed by atoms with van der Waals surface area (Å²) in [4.78, 5) is 2.62. The molecule has 0 bridgehead atoms. The lowest BCUT2D eigenvalue weighted by Crippen LogP contribution is -2.55. The largest absolute Gasteiger partial charge is 0.316 e. The van der Waals surface area contributed by atoms with Gasteiger partial charge in [-0.2, -0.15) is 0 Å². The number of rotatable bonds is 5. The minimum Gasteiger partial charge on any atom is -0.316 e. The van der Waals surface area contributed by atoms with Crippen molar-refractivity contribution in [3.8, 4) is 0 Å². The summed E-state index contributed by atoms with van der Waals surface area (Å²) in [5.74, 6) is 1.03. The highest BCUT2D eigenvalue weighted by Crippen LogP contribution is 2.49. The molecule has 2 N–H and O–H groups in total. The van der Waals surface area contributed by atoms with Gasteiger partial charge < -0.3 is 10.2 Å². The zero-order chi connectivity index (χ0) is 14.9. The third-order valence-electron chi connectivity index (χ3n) is 5.68. The Bertz CT molecular complexity index is 444. The van der Waals surface area contributed by atoms with Crippen LogP contribution in [0, 0.1) is 11.3 Å². The lowest BCUT2D eigenvalue weighted by atomic mass is 9.60. The molecular weight excluding hydrogens is 286 g/mol. The van der Waals surface area contributed by atoms with Gasteiger partial charge in [0, 0.05) is 12.6 Å². The molecule has 5 nitrogen and oxygen atoms in total. The van der Waals surface area contributed by atoms with Gasteiger partial charge in [0.05, 0.1) is 5.75 Å². The van der Waals surface area contributed by atoms with E-state index in [-0.39, 0.29) is 11.8 Å². The van der Waals surface area contributed by atoms with E-state index in [1.54, 1.807) is 6.92 Å². The summed E-state index contributed by atoms with van der Waals surface area (Å²) >= 11 is 0. The van der Waals surface area contributed by atoms with Crippen molar-refractivity contribution in [2.24, 2.45) is 11.3 Å². The van der Waals surface area contributed by atoms with E-state index in [4.69, 9.17) is 0 Å². The molecule has 3 aliphatic rings. The second-order valence-electron chi connectivity index (χ2n) is 7.29. The van der Waals surface area contributed by atoms with Crippen LogP contribution < -0.4 is 10.0 Å². The molecule has 3 rings (SSSR count). The Kier molecular flexibility index (Phi) is 4.60. The van der Waals surface area contributed by atoms with Gasteiger partial charge in [-0.3, -0.25) is 0 Å². The Balaban J connectivity index is 1.40. The minimum atomic E-state index is -3.03. The van der Waals surface area contributed by atoms with Gasteiger partial charge in [0.15, 0.2) is 0 Å². The van der Waals surface area contributed by atoms with Gasteiger partial charge in [0.25, 0.3) is 0 Å². The van der Waals surface area contributed by atoms with E-state index in [1.165, 1.54) is 52.0 Å². The van der Waals surface area contributed by atoms with E-state index < -0.39 is 10.0 Å². The standard InChI is InChI=1S/C15H29N3O2S/c1-2-21(19,20)17-14-9-15(10-14)4-7-18(8-5-15)12-13-3-6-16-11-13/h13-14,16-17H,2-12H2,1H3/t13-/m0/s1. The first kappa shape index (κ1) is 15.7. The van der Waals surface area contributed by atoms with E-state index in [1.807, 2.05) is 0 Å². The first-order chi connectivity index (χ1) is 10.0. The first-order valence-corrected chi connectivity index (χ1v) is 10.1. The fourth-order valence-electron chi connectivity index (χ4n) is 4.26. The zero-order valence-corrected chi connectivity index (χ0v) is 13.9. The fourth-order valence-corrected chi connectivity index (χ4v) is 5.10. The van der Waals surface area contributed by atoms with Crippen LogP contribution in [0.3, 0.4) is 0 Å². The van der Waals surface area contributed by atoms with E-state index >= 15 is 0 Å². The summed E-state index contributed by atoms with van der Waals surface area (Å²) in [6, 6.07) is 0.195. The van der Waals surface area contributed by atoms with Crippen molar-refractivity contribution in [2.45, 2.75) is 45.1 Å². The summed E-state index contributed by atoms with van der Waals surface area (Å²) in [6.45, 7) is 7.71. The Hall–Kier alpha value is -0.170. The molecule has 6 heteroatoms. The molecule has 122 valence electrons. The molecule has 1 spiro atoms. The Morgan fingerprint density at radius 1 is 1.29 bits per heavy atom. The summed E-state index contributed by atoms with van der Waals surface area (Å²) in [6.07, 6.45) is 5.91. The SMILES string of the molecule is CCS(=O)(=O)NC1CC2(CCN(C[C@H]3CCNC3)CC2)C1. The lowest BCUT2D eigenvalue weighted by Gasteiger charge is -2.52. The average Bonchev–Trinajstić information content (AvgIpc) is 2.92. The van der Waals surface area contributed by atoms with Gasteiger partial charge >= 0.3 is 0 Å². The Morgan fingerprint density at radius 2 is 2.00 bits per heavy atom. The van der Waals surface area contributed by atoms with Gasteiger partial charge in [-0.05, 0) is 76.5 Å². The Morgan fingerprint density at radius 3 is 2.57 bits per heavy atom. The van der Waals surface area contributed by atoms with Crippen molar-refractivity contribution in [3.05, 3.63) is 0 Å². The third kappa shape index (κ3) is 3.78. The third-order valence-corrected chi connectivity index (χ3v) is 7.13. The van der Waals surface area contributed by atoms with Crippen molar-refractivity contribution < 1.29 is 8.42 Å². The molecule has 0 aromatic heterocycles. The predicted octanol–water partition coefficient (Wildman–Crippen LogP) is 0.780. The van der Waals surface area contributed by atoms with Crippen LogP contribution in [0.25, 0.3) is 0 Å². The smallest absolute Gasteiger partial charge is 0.211 e. The van der Waals surface area contributed by atoms with E-state index in [2.05, 4.69) is 14.9 Å². The molecule has 0 aromatic carbocycles. The highest BCUT2D eigenvalue weighted by Gasteiger charge is 2.46. The number of hydrogen-bond donors (Lipinski definition) is 2. The fraction of sp³-hybridized carbons (Fsp3) is 1.00. The topological polar surface area (TPSA) is 61.4 Å². The van der Waals surface area contributed by atoms with Crippen molar-refractivity contribution >= 4 is 10.0 Å². The molecule has 0 unspecified atom stereocenters. The van der Waals surface area contributed by atoms with Gasteiger partial charge in [-0.1, -0.05) is 0 Å². The number of likely N-dealkylation sites (tertiary alicyclic amines) is 1. The zero-order valence-electron chi connectivity index (χ0n) is 13.1. The number of nitrogens with zero attached hydrogens (tertiary/aromatic N) is 1. The van der Waals surface area contributed by atoms with Crippen LogP contribution in [-0.2, 0) is 10.0 Å². The van der Waals surface area contributed by atoms with Crippen LogP contribution >= 0.6 is 0 Å². The predicted molar refractivity (Wildman–Crippen MR) is 84.7 cm³/mol. The second kappa shape index (κ2) is 6.14. The highest BCUT2D eigenvalue weighted by atomic mass is 32.2. The maximum Gasteiger partial charge on any atom is 0.211 e. The van der Waals surface area contributed by atoms with E-state index in [0.717, 1.165) is 18.8 Å². The molecule has 3 fully saturated rings. The van der Waals surface area contributed by atoms with Crippen LogP contribution in [0.15, 0.2) is 0 Å². The van der Waals surface area contributed by atoms with E-state index in [0.29, 0.717) is 5.41 Å². The normalized spacial score (nSPS) is 30.6. The molecular formula is C15H29N3O2S. The molecule has 0 radical (unpaired) electrons. The van der Waals surface area contributed by atoms with Crippen LogP contribution in [0.4, 0.5) is 0 Å². The van der Waals surface area contributed by atoms with Crippen LogP contribution in [0.1, 0.15) is 39.0 Å². The van der Waals surface area contributed by atoms with Crippen LogP contribution in [-0.4, -0.2) is 57.8 Å². The van der Waals surface area contributed by atoms with Crippen LogP contribution in [0.2, 0.25) is 0 Å². The van der Waals surface area contributed by atoms with E-state index in [9.17, 15) is 8.42 Å². The Labute approximate surface area is 128 Å². The monoisotopic (exact) mass is 315 g/mol. The summed E-state index contributed by atoms with van der Waals surface area (Å²) < 4.78 is 26.0. The lowest BCUT2D eigenvalue weighted by molar-refractivity contribution is 0.00936. The molecule has 1 saturated carbocycles. The number of piperidine rings is 1. The van der Waals surface area contributed by atoms with Gasteiger partial charge in [0.1, 0.15) is 0 Å². The molecule has 21 heavy (non-hydrogen) atoms.